The zero-order chi connectivity index (χ0) is 37.8. The van der Waals surface area contributed by atoms with Crippen molar-refractivity contribution in [2.75, 3.05) is 39.6 Å². The zero-order valence-corrected chi connectivity index (χ0v) is 33.2. The van der Waals surface area contributed by atoms with Gasteiger partial charge in [-0.2, -0.15) is 0 Å². The van der Waals surface area contributed by atoms with Crippen LogP contribution < -0.4 is 0 Å². The van der Waals surface area contributed by atoms with Crippen molar-refractivity contribution in [2.45, 2.75) is 174 Å². The standard InChI is InChI=1S/C43H75N3O6/c1-3-5-7-9-11-13-15-17-19-21-23-25-27-29-31-33-42(47)51-40-41(39-50-38-37-49-36-35-45-46-44)52-43(48)34-32-30-28-26-24-22-20-18-16-14-12-10-8-6-4-2/h11-14,17-20,41H,3-10,15-16,21-40H2,1-2H3/b13-11-,14-12-,19-17-,20-18-. The molecule has 52 heavy (non-hydrogen) atoms. The number of esters is 2. The van der Waals surface area contributed by atoms with Crippen molar-refractivity contribution in [1.82, 2.24) is 0 Å². The average Bonchev–Trinajstić information content (AvgIpc) is 3.14. The van der Waals surface area contributed by atoms with E-state index in [4.69, 9.17) is 24.5 Å². The van der Waals surface area contributed by atoms with E-state index in [9.17, 15) is 9.59 Å². The number of allylic oxidation sites excluding steroid dienone is 8. The molecule has 0 bridgehead atoms. The number of rotatable bonds is 39. The van der Waals surface area contributed by atoms with Crippen LogP contribution in [0.25, 0.3) is 10.4 Å². The number of hydrogen-bond donors (Lipinski definition) is 0. The Morgan fingerprint density at radius 2 is 1.02 bits per heavy atom. The molecule has 0 spiro atoms. The summed E-state index contributed by atoms with van der Waals surface area (Å²) in [6.07, 6.45) is 42.9. The van der Waals surface area contributed by atoms with Crippen LogP contribution in [0.2, 0.25) is 0 Å². The zero-order valence-electron chi connectivity index (χ0n) is 33.2. The van der Waals surface area contributed by atoms with E-state index in [2.05, 4.69) is 72.5 Å². The first-order valence-electron chi connectivity index (χ1n) is 20.7. The van der Waals surface area contributed by atoms with E-state index in [0.717, 1.165) is 83.5 Å². The summed E-state index contributed by atoms with van der Waals surface area (Å²) in [4.78, 5) is 27.7. The number of unbranched alkanes of at least 4 members (excludes halogenated alkanes) is 16. The van der Waals surface area contributed by atoms with Crippen molar-refractivity contribution < 1.29 is 28.5 Å². The Hall–Kier alpha value is -2.87. The van der Waals surface area contributed by atoms with Crippen LogP contribution >= 0.6 is 0 Å². The SMILES string of the molecule is CCCCC/C=C\C/C=C\CCCCCCCC(=O)OCC(COCCOCCN=[N+]=[N-])OC(=O)CCCCCCC/C=C\C/C=C\CCCCC. The third-order valence-electron chi connectivity index (χ3n) is 8.47. The van der Waals surface area contributed by atoms with Gasteiger partial charge in [0.25, 0.3) is 0 Å². The second kappa shape index (κ2) is 42.5. The van der Waals surface area contributed by atoms with Crippen molar-refractivity contribution in [3.05, 3.63) is 59.1 Å². The van der Waals surface area contributed by atoms with Crippen molar-refractivity contribution in [2.24, 2.45) is 5.11 Å². The summed E-state index contributed by atoms with van der Waals surface area (Å²) in [6, 6.07) is 0. The Bertz CT molecular complexity index is 974. The lowest BCUT2D eigenvalue weighted by molar-refractivity contribution is -0.163. The second-order valence-corrected chi connectivity index (χ2v) is 13.4. The first kappa shape index (κ1) is 49.1. The van der Waals surface area contributed by atoms with E-state index in [-0.39, 0.29) is 38.3 Å². The van der Waals surface area contributed by atoms with Crippen molar-refractivity contribution >= 4 is 11.9 Å². The van der Waals surface area contributed by atoms with Crippen LogP contribution in [0.1, 0.15) is 168 Å². The molecule has 0 heterocycles. The first-order chi connectivity index (χ1) is 25.6. The topological polar surface area (TPSA) is 120 Å². The maximum absolute atomic E-state index is 12.6. The fraction of sp³-hybridized carbons (Fsp3) is 0.767. The Morgan fingerprint density at radius 1 is 0.558 bits per heavy atom. The molecule has 0 rings (SSSR count). The van der Waals surface area contributed by atoms with Crippen LogP contribution in [-0.4, -0.2) is 57.6 Å². The van der Waals surface area contributed by atoms with Crippen LogP contribution in [-0.2, 0) is 28.5 Å². The Kier molecular flexibility index (Phi) is 40.2. The highest BCUT2D eigenvalue weighted by Crippen LogP contribution is 2.12. The van der Waals surface area contributed by atoms with Crippen LogP contribution in [0.5, 0.6) is 0 Å². The smallest absolute Gasteiger partial charge is 0.306 e. The third kappa shape index (κ3) is 39.9. The lowest BCUT2D eigenvalue weighted by atomic mass is 10.1. The molecule has 0 aromatic carbocycles. The van der Waals surface area contributed by atoms with Crippen molar-refractivity contribution in [3.63, 3.8) is 0 Å². The lowest BCUT2D eigenvalue weighted by Gasteiger charge is -2.18. The van der Waals surface area contributed by atoms with Crippen molar-refractivity contribution in [1.29, 1.82) is 0 Å². The van der Waals surface area contributed by atoms with Crippen molar-refractivity contribution in [3.8, 4) is 0 Å². The van der Waals surface area contributed by atoms with E-state index in [1.807, 2.05) is 0 Å². The van der Waals surface area contributed by atoms with Crippen LogP contribution in [0.4, 0.5) is 0 Å². The van der Waals surface area contributed by atoms with Gasteiger partial charge in [0, 0.05) is 24.3 Å². The molecule has 9 heteroatoms. The molecule has 0 aliphatic heterocycles. The predicted octanol–water partition coefficient (Wildman–Crippen LogP) is 12.4. The maximum Gasteiger partial charge on any atom is 0.306 e. The van der Waals surface area contributed by atoms with E-state index in [1.54, 1.807) is 0 Å². The quantitative estimate of drug-likeness (QED) is 0.0155. The van der Waals surface area contributed by atoms with Gasteiger partial charge in [0.1, 0.15) is 6.61 Å². The predicted molar refractivity (Wildman–Crippen MR) is 215 cm³/mol. The van der Waals surface area contributed by atoms with Gasteiger partial charge in [0.05, 0.1) is 26.4 Å². The number of carbonyl (C=O) groups excluding carboxylic acids is 2. The summed E-state index contributed by atoms with van der Waals surface area (Å²) in [5, 5.41) is 3.42. The van der Waals surface area contributed by atoms with Gasteiger partial charge in [-0.15, -0.1) is 0 Å². The third-order valence-corrected chi connectivity index (χ3v) is 8.47. The van der Waals surface area contributed by atoms with Crippen LogP contribution in [0.3, 0.4) is 0 Å². The van der Waals surface area contributed by atoms with Gasteiger partial charge in [0.15, 0.2) is 6.10 Å². The molecule has 0 saturated carbocycles. The highest BCUT2D eigenvalue weighted by atomic mass is 16.6. The largest absolute Gasteiger partial charge is 0.462 e. The minimum Gasteiger partial charge on any atom is -0.462 e. The molecule has 0 aromatic heterocycles. The molecule has 0 aromatic rings. The Morgan fingerprint density at radius 3 is 1.54 bits per heavy atom. The van der Waals surface area contributed by atoms with Gasteiger partial charge >= 0.3 is 11.9 Å². The number of ether oxygens (including phenoxy) is 4. The summed E-state index contributed by atoms with van der Waals surface area (Å²) in [6.45, 7) is 5.73. The van der Waals surface area contributed by atoms with Crippen LogP contribution in [0.15, 0.2) is 53.7 Å². The summed E-state index contributed by atoms with van der Waals surface area (Å²) >= 11 is 0. The molecule has 298 valence electrons. The molecule has 0 N–H and O–H groups in total. The average molecular weight is 730 g/mol. The molecule has 0 saturated heterocycles. The van der Waals surface area contributed by atoms with Gasteiger partial charge in [-0.3, -0.25) is 9.59 Å². The van der Waals surface area contributed by atoms with Crippen LogP contribution in [0, 0.1) is 0 Å². The van der Waals surface area contributed by atoms with E-state index >= 15 is 0 Å². The van der Waals surface area contributed by atoms with E-state index in [0.29, 0.717) is 26.1 Å². The monoisotopic (exact) mass is 730 g/mol. The molecule has 0 aliphatic rings. The molecule has 9 nitrogen and oxygen atoms in total. The molecule has 0 fully saturated rings. The molecule has 0 aliphatic carbocycles. The van der Waals surface area contributed by atoms with E-state index < -0.39 is 6.10 Å². The summed E-state index contributed by atoms with van der Waals surface area (Å²) in [5.74, 6) is -0.573. The molecule has 0 amide bonds. The minimum atomic E-state index is -0.665. The van der Waals surface area contributed by atoms with Gasteiger partial charge < -0.3 is 18.9 Å². The first-order valence-corrected chi connectivity index (χ1v) is 20.7. The fourth-order valence-corrected chi connectivity index (χ4v) is 5.37. The highest BCUT2D eigenvalue weighted by molar-refractivity contribution is 5.70. The summed E-state index contributed by atoms with van der Waals surface area (Å²) in [5.41, 5.74) is 8.34. The number of carbonyl (C=O) groups is 2. The summed E-state index contributed by atoms with van der Waals surface area (Å²) in [7, 11) is 0. The maximum atomic E-state index is 12.6. The van der Waals surface area contributed by atoms with E-state index in [1.165, 1.54) is 57.8 Å². The fourth-order valence-electron chi connectivity index (χ4n) is 5.37. The number of azide groups is 1. The second-order valence-electron chi connectivity index (χ2n) is 13.4. The molecular formula is C43H75N3O6. The van der Waals surface area contributed by atoms with Gasteiger partial charge in [-0.05, 0) is 82.6 Å². The van der Waals surface area contributed by atoms with Gasteiger partial charge in [0.2, 0.25) is 0 Å². The highest BCUT2D eigenvalue weighted by Gasteiger charge is 2.17. The molecular weight excluding hydrogens is 654 g/mol. The number of hydrogen-bond acceptors (Lipinski definition) is 7. The normalized spacial score (nSPS) is 12.3. The molecule has 1 atom stereocenters. The minimum absolute atomic E-state index is 0.0231. The lowest BCUT2D eigenvalue weighted by Crippen LogP contribution is -2.30. The Balaban J connectivity index is 4.19. The molecule has 0 radical (unpaired) electrons. The molecule has 1 unspecified atom stereocenters. The number of nitrogens with zero attached hydrogens (tertiary/aromatic N) is 3. The Labute approximate surface area is 317 Å². The van der Waals surface area contributed by atoms with Gasteiger partial charge in [-0.25, -0.2) is 0 Å². The van der Waals surface area contributed by atoms with Gasteiger partial charge in [-0.1, -0.05) is 132 Å². The summed E-state index contributed by atoms with van der Waals surface area (Å²) < 4.78 is 22.1.